The van der Waals surface area contributed by atoms with Gasteiger partial charge in [-0.15, -0.1) is 0 Å². The van der Waals surface area contributed by atoms with Gasteiger partial charge in [0, 0.05) is 30.7 Å². The van der Waals surface area contributed by atoms with Gasteiger partial charge in [-0.25, -0.2) is 0 Å². The smallest absolute Gasteiger partial charge is 0.124 e. The Morgan fingerprint density at radius 3 is 2.39 bits per heavy atom. The van der Waals surface area contributed by atoms with Crippen LogP contribution < -0.4 is 4.74 Å². The van der Waals surface area contributed by atoms with Crippen LogP contribution in [-0.4, -0.2) is 46.6 Å². The standard InChI is InChI=1S/C30H34N2O/c1-19-12-27-26-5-3-2-4-22(26)13-28(27)29(32(19)30-14-20(15-30)16-30)21-6-10-24(11-7-21)33-25-17-31(18-25)23-8-9-23/h2-7,10-11,19-20,23,25,29H,8-9,12-18H2,1H3/t19-,20?,29-,30?/m1/s1. The first-order chi connectivity index (χ1) is 16.2. The van der Waals surface area contributed by atoms with Gasteiger partial charge in [0.25, 0.3) is 0 Å². The van der Waals surface area contributed by atoms with Crippen LogP contribution in [0.15, 0.2) is 54.1 Å². The SMILES string of the molecule is C[C@@H]1CC2=C(Cc3ccccc32)[C@@H](c2ccc(OC3CN(C4CC4)C3)cc2)N1C12CC(C1)C2. The van der Waals surface area contributed by atoms with Crippen molar-refractivity contribution >= 4 is 5.57 Å². The summed E-state index contributed by atoms with van der Waals surface area (Å²) in [6.07, 6.45) is 9.74. The molecular formula is C30H34N2O. The van der Waals surface area contributed by atoms with Crippen LogP contribution in [0.3, 0.4) is 0 Å². The van der Waals surface area contributed by atoms with Crippen molar-refractivity contribution in [2.24, 2.45) is 5.92 Å². The molecule has 2 atom stereocenters. The van der Waals surface area contributed by atoms with Gasteiger partial charge in [0.05, 0.1) is 6.04 Å². The van der Waals surface area contributed by atoms with Gasteiger partial charge in [0.2, 0.25) is 0 Å². The Morgan fingerprint density at radius 1 is 0.939 bits per heavy atom. The normalized spacial score (nSPS) is 35.4. The van der Waals surface area contributed by atoms with E-state index in [4.69, 9.17) is 4.74 Å². The highest BCUT2D eigenvalue weighted by atomic mass is 16.5. The molecule has 0 spiro atoms. The molecular weight excluding hydrogens is 404 g/mol. The van der Waals surface area contributed by atoms with Gasteiger partial charge in [-0.3, -0.25) is 9.80 Å². The van der Waals surface area contributed by atoms with Gasteiger partial charge in [0.15, 0.2) is 0 Å². The maximum atomic E-state index is 6.33. The van der Waals surface area contributed by atoms with E-state index in [1.54, 1.807) is 11.1 Å². The first-order valence-corrected chi connectivity index (χ1v) is 13.3. The van der Waals surface area contributed by atoms with E-state index >= 15 is 0 Å². The summed E-state index contributed by atoms with van der Waals surface area (Å²) in [5.74, 6) is 2.05. The molecule has 2 aromatic rings. The van der Waals surface area contributed by atoms with Crippen molar-refractivity contribution in [3.8, 4) is 5.75 Å². The fourth-order valence-electron chi connectivity index (χ4n) is 7.83. The van der Waals surface area contributed by atoms with Crippen LogP contribution in [-0.2, 0) is 6.42 Å². The minimum Gasteiger partial charge on any atom is -0.488 e. The highest BCUT2D eigenvalue weighted by Gasteiger charge is 2.63. The van der Waals surface area contributed by atoms with Crippen LogP contribution in [0.4, 0.5) is 0 Å². The lowest BCUT2D eigenvalue weighted by Crippen LogP contribution is -2.71. The second-order valence-corrected chi connectivity index (χ2v) is 11.9. The van der Waals surface area contributed by atoms with Crippen molar-refractivity contribution in [3.63, 3.8) is 0 Å². The van der Waals surface area contributed by atoms with Gasteiger partial charge in [-0.1, -0.05) is 36.4 Å². The van der Waals surface area contributed by atoms with Gasteiger partial charge in [-0.2, -0.15) is 0 Å². The van der Waals surface area contributed by atoms with Gasteiger partial charge >= 0.3 is 0 Å². The quantitative estimate of drug-likeness (QED) is 0.603. The average Bonchev–Trinajstić information content (AvgIpc) is 3.50. The van der Waals surface area contributed by atoms with E-state index in [1.807, 2.05) is 0 Å². The minimum atomic E-state index is 0.377. The summed E-state index contributed by atoms with van der Waals surface area (Å²) in [7, 11) is 0. The summed E-state index contributed by atoms with van der Waals surface area (Å²) >= 11 is 0. The lowest BCUT2D eigenvalue weighted by Gasteiger charge is -2.70. The monoisotopic (exact) mass is 438 g/mol. The van der Waals surface area contributed by atoms with Gasteiger partial charge < -0.3 is 4.74 Å². The van der Waals surface area contributed by atoms with E-state index in [-0.39, 0.29) is 0 Å². The van der Waals surface area contributed by atoms with E-state index in [0.717, 1.165) is 37.2 Å². The van der Waals surface area contributed by atoms with Crippen molar-refractivity contribution in [2.75, 3.05) is 13.1 Å². The molecule has 1 saturated heterocycles. The molecule has 0 aromatic heterocycles. The Labute approximate surface area is 197 Å². The molecule has 0 radical (unpaired) electrons. The molecule has 0 N–H and O–H groups in total. The number of rotatable bonds is 5. The van der Waals surface area contributed by atoms with Crippen LogP contribution in [0.25, 0.3) is 5.57 Å². The first-order valence-electron chi connectivity index (χ1n) is 13.3. The number of fused-ring (bicyclic) bond motifs is 2. The highest BCUT2D eigenvalue weighted by Crippen LogP contribution is 2.65. The second-order valence-electron chi connectivity index (χ2n) is 11.9. The summed E-state index contributed by atoms with van der Waals surface area (Å²) in [4.78, 5) is 5.53. The van der Waals surface area contributed by atoms with Crippen molar-refractivity contribution in [3.05, 3.63) is 70.8 Å². The zero-order valence-corrected chi connectivity index (χ0v) is 19.7. The topological polar surface area (TPSA) is 15.7 Å². The maximum absolute atomic E-state index is 6.33. The van der Waals surface area contributed by atoms with Gasteiger partial charge in [-0.05, 0) is 97.8 Å². The summed E-state index contributed by atoms with van der Waals surface area (Å²) < 4.78 is 6.33. The van der Waals surface area contributed by atoms with Crippen molar-refractivity contribution < 1.29 is 4.74 Å². The number of hydrogen-bond donors (Lipinski definition) is 0. The maximum Gasteiger partial charge on any atom is 0.124 e. The molecule has 0 amide bonds. The van der Waals surface area contributed by atoms with Gasteiger partial charge in [0.1, 0.15) is 11.9 Å². The number of nitrogens with zero attached hydrogens (tertiary/aromatic N) is 2. The van der Waals surface area contributed by atoms with E-state index in [9.17, 15) is 0 Å². The molecule has 0 unspecified atom stereocenters. The van der Waals surface area contributed by atoms with Crippen LogP contribution >= 0.6 is 0 Å². The molecule has 2 heterocycles. The number of hydrogen-bond acceptors (Lipinski definition) is 3. The Kier molecular flexibility index (Phi) is 3.92. The second kappa shape index (κ2) is 6.73. The minimum absolute atomic E-state index is 0.377. The number of likely N-dealkylation sites (tertiary alicyclic amines) is 1. The predicted molar refractivity (Wildman–Crippen MR) is 131 cm³/mol. The molecule has 2 bridgehead atoms. The summed E-state index contributed by atoms with van der Waals surface area (Å²) in [5, 5.41) is 0. The number of benzene rings is 2. The number of ether oxygens (including phenoxy) is 1. The molecule has 3 heteroatoms. The van der Waals surface area contributed by atoms with Crippen LogP contribution in [0.2, 0.25) is 0 Å². The summed E-state index contributed by atoms with van der Waals surface area (Å²) in [5.41, 5.74) is 8.30. The third kappa shape index (κ3) is 2.82. The third-order valence-corrected chi connectivity index (χ3v) is 9.69. The lowest BCUT2D eigenvalue weighted by molar-refractivity contribution is -0.173. The first kappa shape index (κ1) is 19.2. The molecule has 5 fully saturated rings. The van der Waals surface area contributed by atoms with E-state index in [0.29, 0.717) is 23.7 Å². The molecule has 4 saturated carbocycles. The van der Waals surface area contributed by atoms with E-state index in [2.05, 4.69) is 65.3 Å². The fraction of sp³-hybridized carbons (Fsp3) is 0.533. The van der Waals surface area contributed by atoms with Crippen molar-refractivity contribution in [2.45, 2.75) is 81.6 Å². The molecule has 7 aliphatic rings. The molecule has 2 aromatic carbocycles. The average molecular weight is 439 g/mol. The Morgan fingerprint density at radius 2 is 1.70 bits per heavy atom. The Hall–Kier alpha value is -2.10. The zero-order valence-electron chi connectivity index (χ0n) is 19.7. The van der Waals surface area contributed by atoms with Crippen molar-refractivity contribution in [1.82, 2.24) is 9.80 Å². The molecule has 33 heavy (non-hydrogen) atoms. The Balaban J connectivity index is 1.11. The van der Waals surface area contributed by atoms with Crippen molar-refractivity contribution in [1.29, 1.82) is 0 Å². The molecule has 5 aliphatic carbocycles. The highest BCUT2D eigenvalue weighted by molar-refractivity contribution is 5.79. The zero-order chi connectivity index (χ0) is 21.7. The Bertz CT molecular complexity index is 1120. The third-order valence-electron chi connectivity index (χ3n) is 9.69. The molecule has 2 aliphatic heterocycles. The van der Waals surface area contributed by atoms with Crippen LogP contribution in [0.5, 0.6) is 5.75 Å². The van der Waals surface area contributed by atoms with Crippen LogP contribution in [0, 0.1) is 5.92 Å². The molecule has 170 valence electrons. The van der Waals surface area contributed by atoms with E-state index in [1.165, 1.54) is 55.2 Å². The fourth-order valence-corrected chi connectivity index (χ4v) is 7.83. The van der Waals surface area contributed by atoms with Crippen LogP contribution in [0.1, 0.15) is 68.2 Å². The lowest BCUT2D eigenvalue weighted by atomic mass is 9.48. The largest absolute Gasteiger partial charge is 0.488 e. The molecule has 9 rings (SSSR count). The summed E-state index contributed by atoms with van der Waals surface area (Å²) in [6.45, 7) is 4.70. The molecule has 3 nitrogen and oxygen atoms in total. The predicted octanol–water partition coefficient (Wildman–Crippen LogP) is 5.61. The summed E-state index contributed by atoms with van der Waals surface area (Å²) in [6, 6.07) is 20.3. The van der Waals surface area contributed by atoms with E-state index < -0.39 is 0 Å².